The van der Waals surface area contributed by atoms with Crippen molar-refractivity contribution in [3.8, 4) is 5.75 Å². The Morgan fingerprint density at radius 1 is 1.46 bits per heavy atom. The molecule has 7 heteroatoms. The topological polar surface area (TPSA) is 84.2 Å². The average molecular weight is 345 g/mol. The first-order valence-electron chi connectivity index (χ1n) is 7.83. The number of benzene rings is 1. The van der Waals surface area contributed by atoms with Gasteiger partial charge in [-0.05, 0) is 25.5 Å². The van der Waals surface area contributed by atoms with E-state index in [1.807, 2.05) is 13.8 Å². The van der Waals surface area contributed by atoms with E-state index in [9.17, 15) is 14.7 Å². The number of anilines is 1. The summed E-state index contributed by atoms with van der Waals surface area (Å²) < 4.78 is 1.59. The Kier molecular flexibility index (Phi) is 4.62. The summed E-state index contributed by atoms with van der Waals surface area (Å²) in [6, 6.07) is 6.59. The van der Waals surface area contributed by atoms with E-state index in [1.165, 1.54) is 17.8 Å². The first kappa shape index (κ1) is 16.6. The van der Waals surface area contributed by atoms with E-state index in [2.05, 4.69) is 10.3 Å². The van der Waals surface area contributed by atoms with Gasteiger partial charge in [0, 0.05) is 23.6 Å². The molecule has 1 aliphatic rings. The van der Waals surface area contributed by atoms with Crippen molar-refractivity contribution in [1.82, 2.24) is 9.55 Å². The quantitative estimate of drug-likeness (QED) is 0.658. The number of thioether (sulfide) groups is 1. The molecule has 24 heavy (non-hydrogen) atoms. The number of fused-ring (bicyclic) bond motifs is 1. The molecule has 0 spiro atoms. The monoisotopic (exact) mass is 345 g/mol. The Bertz CT molecular complexity index is 847. The summed E-state index contributed by atoms with van der Waals surface area (Å²) in [7, 11) is 0. The van der Waals surface area contributed by atoms with Crippen LogP contribution in [0.1, 0.15) is 18.2 Å². The van der Waals surface area contributed by atoms with E-state index in [0.717, 1.165) is 5.69 Å². The van der Waals surface area contributed by atoms with Crippen LogP contribution in [0.15, 0.2) is 34.2 Å². The Hall–Kier alpha value is -2.28. The summed E-state index contributed by atoms with van der Waals surface area (Å²) in [4.78, 5) is 29.6. The molecule has 1 atom stereocenters. The SMILES string of the molecule is CCc1c(C)nc2n(c1=O)C[C@H](C(=O)Nc1ccccc1O)CS2. The second-order valence-corrected chi connectivity index (χ2v) is 6.73. The predicted octanol–water partition coefficient (Wildman–Crippen LogP) is 2.18. The van der Waals surface area contributed by atoms with Gasteiger partial charge in [-0.1, -0.05) is 30.8 Å². The largest absolute Gasteiger partial charge is 0.506 e. The number of carbonyl (C=O) groups excluding carboxylic acids is 1. The number of aromatic nitrogens is 2. The number of aromatic hydroxyl groups is 1. The molecule has 1 aromatic carbocycles. The molecule has 6 nitrogen and oxygen atoms in total. The van der Waals surface area contributed by atoms with E-state index in [4.69, 9.17) is 0 Å². The molecule has 3 rings (SSSR count). The van der Waals surface area contributed by atoms with Crippen molar-refractivity contribution in [2.75, 3.05) is 11.1 Å². The van der Waals surface area contributed by atoms with Gasteiger partial charge in [0.1, 0.15) is 5.75 Å². The van der Waals surface area contributed by atoms with E-state index >= 15 is 0 Å². The van der Waals surface area contributed by atoms with Crippen molar-refractivity contribution in [2.24, 2.45) is 5.92 Å². The van der Waals surface area contributed by atoms with Crippen LogP contribution in [0.2, 0.25) is 0 Å². The zero-order valence-electron chi connectivity index (χ0n) is 13.6. The van der Waals surface area contributed by atoms with E-state index in [1.54, 1.807) is 22.8 Å². The van der Waals surface area contributed by atoms with Crippen LogP contribution in [-0.2, 0) is 17.8 Å². The Morgan fingerprint density at radius 2 is 2.21 bits per heavy atom. The lowest BCUT2D eigenvalue weighted by atomic mass is 10.1. The van der Waals surface area contributed by atoms with Crippen molar-refractivity contribution < 1.29 is 9.90 Å². The third-order valence-electron chi connectivity index (χ3n) is 4.14. The number of nitrogens with one attached hydrogen (secondary N) is 1. The second kappa shape index (κ2) is 6.68. The number of phenols is 1. The van der Waals surface area contributed by atoms with Crippen LogP contribution in [0.25, 0.3) is 0 Å². The molecule has 0 radical (unpaired) electrons. The van der Waals surface area contributed by atoms with Crippen LogP contribution < -0.4 is 10.9 Å². The fourth-order valence-electron chi connectivity index (χ4n) is 2.78. The van der Waals surface area contributed by atoms with Crippen LogP contribution in [-0.4, -0.2) is 26.3 Å². The maximum Gasteiger partial charge on any atom is 0.257 e. The molecular formula is C17H19N3O3S. The minimum atomic E-state index is -0.353. The smallest absolute Gasteiger partial charge is 0.257 e. The highest BCUT2D eigenvalue weighted by Gasteiger charge is 2.28. The summed E-state index contributed by atoms with van der Waals surface area (Å²) >= 11 is 1.42. The zero-order chi connectivity index (χ0) is 17.3. The number of rotatable bonds is 3. The van der Waals surface area contributed by atoms with Crippen LogP contribution in [0.5, 0.6) is 5.75 Å². The summed E-state index contributed by atoms with van der Waals surface area (Å²) in [6.07, 6.45) is 0.622. The molecule has 0 fully saturated rings. The molecule has 1 amide bonds. The summed E-state index contributed by atoms with van der Waals surface area (Å²) in [6.45, 7) is 4.08. The Labute approximate surface area is 143 Å². The number of aryl methyl sites for hydroxylation is 1. The fourth-order valence-corrected chi connectivity index (χ4v) is 3.90. The zero-order valence-corrected chi connectivity index (χ0v) is 14.4. The third kappa shape index (κ3) is 3.03. The van der Waals surface area contributed by atoms with Gasteiger partial charge < -0.3 is 10.4 Å². The van der Waals surface area contributed by atoms with E-state index in [0.29, 0.717) is 35.1 Å². The number of hydrogen-bond acceptors (Lipinski definition) is 5. The van der Waals surface area contributed by atoms with Crippen molar-refractivity contribution >= 4 is 23.4 Å². The molecule has 0 bridgehead atoms. The van der Waals surface area contributed by atoms with E-state index in [-0.39, 0.29) is 23.1 Å². The molecule has 2 aromatic rings. The minimum Gasteiger partial charge on any atom is -0.506 e. The summed E-state index contributed by atoms with van der Waals surface area (Å²) in [5, 5.41) is 13.2. The van der Waals surface area contributed by atoms with Crippen molar-refractivity contribution in [1.29, 1.82) is 0 Å². The van der Waals surface area contributed by atoms with E-state index < -0.39 is 0 Å². The van der Waals surface area contributed by atoms with Gasteiger partial charge in [-0.3, -0.25) is 14.2 Å². The Balaban J connectivity index is 1.83. The number of carbonyl (C=O) groups is 1. The van der Waals surface area contributed by atoms with Crippen molar-refractivity contribution in [2.45, 2.75) is 32.0 Å². The highest BCUT2D eigenvalue weighted by Crippen LogP contribution is 2.28. The number of amides is 1. The minimum absolute atomic E-state index is 0.0254. The van der Waals surface area contributed by atoms with Gasteiger partial charge in [-0.2, -0.15) is 0 Å². The first-order valence-corrected chi connectivity index (χ1v) is 8.81. The summed E-state index contributed by atoms with van der Waals surface area (Å²) in [5.74, 6) is 0.0168. The van der Waals surface area contributed by atoms with Gasteiger partial charge in [0.15, 0.2) is 5.16 Å². The molecule has 1 aromatic heterocycles. The normalized spacial score (nSPS) is 16.5. The van der Waals surface area contributed by atoms with Gasteiger partial charge in [0.2, 0.25) is 5.91 Å². The van der Waals surface area contributed by atoms with Crippen LogP contribution >= 0.6 is 11.8 Å². The van der Waals surface area contributed by atoms with Gasteiger partial charge in [0.05, 0.1) is 11.6 Å². The number of nitrogens with zero attached hydrogens (tertiary/aromatic N) is 2. The number of para-hydroxylation sites is 2. The van der Waals surface area contributed by atoms with Crippen LogP contribution in [0.3, 0.4) is 0 Å². The highest BCUT2D eigenvalue weighted by molar-refractivity contribution is 7.99. The van der Waals surface area contributed by atoms with Crippen LogP contribution in [0, 0.1) is 12.8 Å². The number of phenolic OH excluding ortho intramolecular Hbond substituents is 1. The average Bonchev–Trinajstić information content (AvgIpc) is 2.57. The van der Waals surface area contributed by atoms with Gasteiger partial charge in [-0.25, -0.2) is 4.98 Å². The predicted molar refractivity (Wildman–Crippen MR) is 93.6 cm³/mol. The Morgan fingerprint density at radius 3 is 2.92 bits per heavy atom. The van der Waals surface area contributed by atoms with Gasteiger partial charge in [-0.15, -0.1) is 0 Å². The lowest BCUT2D eigenvalue weighted by Crippen LogP contribution is -2.38. The number of hydrogen-bond donors (Lipinski definition) is 2. The molecule has 2 heterocycles. The third-order valence-corrected chi connectivity index (χ3v) is 5.28. The molecule has 0 saturated carbocycles. The molecule has 0 saturated heterocycles. The van der Waals surface area contributed by atoms with Crippen molar-refractivity contribution in [3.63, 3.8) is 0 Å². The fraction of sp³-hybridized carbons (Fsp3) is 0.353. The lowest BCUT2D eigenvalue weighted by molar-refractivity contribution is -0.119. The van der Waals surface area contributed by atoms with Gasteiger partial charge in [0.25, 0.3) is 5.56 Å². The second-order valence-electron chi connectivity index (χ2n) is 5.74. The standard InChI is InChI=1S/C17H19N3O3S/c1-3-12-10(2)18-17-20(16(12)23)8-11(9-24-17)15(22)19-13-6-4-5-7-14(13)21/h4-7,11,21H,3,8-9H2,1-2H3,(H,19,22)/t11-/m0/s1. The molecule has 0 aliphatic carbocycles. The molecule has 1 aliphatic heterocycles. The summed E-state index contributed by atoms with van der Waals surface area (Å²) in [5.41, 5.74) is 1.77. The molecule has 2 N–H and O–H groups in total. The lowest BCUT2D eigenvalue weighted by Gasteiger charge is -2.25. The van der Waals surface area contributed by atoms with Gasteiger partial charge >= 0.3 is 0 Å². The highest BCUT2D eigenvalue weighted by atomic mass is 32.2. The first-order chi connectivity index (χ1) is 11.5. The maximum atomic E-state index is 12.6. The maximum absolute atomic E-state index is 12.6. The van der Waals surface area contributed by atoms with Crippen LogP contribution in [0.4, 0.5) is 5.69 Å². The molecule has 126 valence electrons. The molecule has 0 unspecified atom stereocenters. The van der Waals surface area contributed by atoms with Crippen molar-refractivity contribution in [3.05, 3.63) is 45.9 Å². The molecular weight excluding hydrogens is 326 g/mol.